The minimum absolute atomic E-state index is 0.372. The number of nitrogens with zero attached hydrogens (tertiary/aromatic N) is 1. The number of aromatic amines is 1. The number of H-pyrrole nitrogens is 1. The third kappa shape index (κ3) is 1.77. The fourth-order valence-corrected chi connectivity index (χ4v) is 2.62. The molecule has 0 bridgehead atoms. The number of likely N-dealkylation sites (tertiary alicyclic amines) is 1. The van der Waals surface area contributed by atoms with Crippen LogP contribution in [0.1, 0.15) is 5.56 Å². The van der Waals surface area contributed by atoms with E-state index in [0.717, 1.165) is 24.1 Å². The Hall–Kier alpha value is -0.840. The maximum atomic E-state index is 5.78. The standard InChI is InChI=1S/C12H14BrN3/c13-9-1-2-12-11(3-9)8(4-15-12)5-16-6-10(14)7-16/h1-4,10,15H,5-7,14H2. The predicted octanol–water partition coefficient (Wildman–Crippen LogP) is 2.07. The summed E-state index contributed by atoms with van der Waals surface area (Å²) in [6.07, 6.45) is 2.10. The van der Waals surface area contributed by atoms with Gasteiger partial charge < -0.3 is 10.7 Å². The van der Waals surface area contributed by atoms with Crippen LogP contribution in [0, 0.1) is 0 Å². The van der Waals surface area contributed by atoms with Crippen LogP contribution < -0.4 is 5.73 Å². The molecule has 1 fully saturated rings. The van der Waals surface area contributed by atoms with Gasteiger partial charge in [0.05, 0.1) is 0 Å². The Kier molecular flexibility index (Phi) is 2.50. The molecular formula is C12H14BrN3. The van der Waals surface area contributed by atoms with E-state index < -0.39 is 0 Å². The zero-order chi connectivity index (χ0) is 11.1. The molecule has 3 N–H and O–H groups in total. The van der Waals surface area contributed by atoms with Gasteiger partial charge in [0.2, 0.25) is 0 Å². The summed E-state index contributed by atoms with van der Waals surface area (Å²) in [7, 11) is 0. The van der Waals surface area contributed by atoms with E-state index in [2.05, 4.69) is 50.2 Å². The van der Waals surface area contributed by atoms with E-state index >= 15 is 0 Å². The molecular weight excluding hydrogens is 266 g/mol. The lowest BCUT2D eigenvalue weighted by Crippen LogP contribution is -2.54. The lowest BCUT2D eigenvalue weighted by Gasteiger charge is -2.36. The second-order valence-corrected chi connectivity index (χ2v) is 5.37. The monoisotopic (exact) mass is 279 g/mol. The molecule has 0 saturated carbocycles. The highest BCUT2D eigenvalue weighted by molar-refractivity contribution is 9.10. The molecule has 2 aromatic rings. The number of benzene rings is 1. The average Bonchev–Trinajstić information content (AvgIpc) is 2.59. The lowest BCUT2D eigenvalue weighted by atomic mass is 10.1. The van der Waals surface area contributed by atoms with Crippen LogP contribution in [0.15, 0.2) is 28.9 Å². The van der Waals surface area contributed by atoms with Crippen LogP contribution >= 0.6 is 15.9 Å². The van der Waals surface area contributed by atoms with Crippen LogP contribution in [0.4, 0.5) is 0 Å². The third-order valence-electron chi connectivity index (χ3n) is 3.11. The molecule has 3 rings (SSSR count). The second kappa shape index (κ2) is 3.87. The van der Waals surface area contributed by atoms with Crippen molar-refractivity contribution in [3.63, 3.8) is 0 Å². The average molecular weight is 280 g/mol. The summed E-state index contributed by atoms with van der Waals surface area (Å²) in [5, 5.41) is 1.30. The van der Waals surface area contributed by atoms with Gasteiger partial charge in [-0.25, -0.2) is 0 Å². The van der Waals surface area contributed by atoms with Crippen molar-refractivity contribution < 1.29 is 0 Å². The number of halogens is 1. The van der Waals surface area contributed by atoms with Crippen LogP contribution in [0.2, 0.25) is 0 Å². The van der Waals surface area contributed by atoms with Crippen molar-refractivity contribution in [2.75, 3.05) is 13.1 Å². The highest BCUT2D eigenvalue weighted by Gasteiger charge is 2.23. The van der Waals surface area contributed by atoms with E-state index in [-0.39, 0.29) is 0 Å². The number of hydrogen-bond donors (Lipinski definition) is 2. The Morgan fingerprint density at radius 2 is 2.25 bits per heavy atom. The Labute approximate surface area is 103 Å². The van der Waals surface area contributed by atoms with Gasteiger partial charge in [0, 0.05) is 47.2 Å². The predicted molar refractivity (Wildman–Crippen MR) is 69.3 cm³/mol. The van der Waals surface area contributed by atoms with Gasteiger partial charge in [-0.15, -0.1) is 0 Å². The summed E-state index contributed by atoms with van der Waals surface area (Å²) in [6, 6.07) is 6.70. The molecule has 1 aliphatic heterocycles. The minimum Gasteiger partial charge on any atom is -0.361 e. The fraction of sp³-hybridized carbons (Fsp3) is 0.333. The van der Waals surface area contributed by atoms with E-state index in [1.807, 2.05) is 0 Å². The van der Waals surface area contributed by atoms with Gasteiger partial charge in [-0.1, -0.05) is 15.9 Å². The fourth-order valence-electron chi connectivity index (χ4n) is 2.26. The molecule has 1 aromatic carbocycles. The van der Waals surface area contributed by atoms with Gasteiger partial charge in [-0.2, -0.15) is 0 Å². The number of hydrogen-bond acceptors (Lipinski definition) is 2. The van der Waals surface area contributed by atoms with E-state index in [0.29, 0.717) is 6.04 Å². The zero-order valence-electron chi connectivity index (χ0n) is 8.91. The number of rotatable bonds is 2. The van der Waals surface area contributed by atoms with Crippen molar-refractivity contribution in [2.45, 2.75) is 12.6 Å². The van der Waals surface area contributed by atoms with Crippen LogP contribution in [-0.2, 0) is 6.54 Å². The summed E-state index contributed by atoms with van der Waals surface area (Å²) >= 11 is 3.51. The van der Waals surface area contributed by atoms with E-state index in [4.69, 9.17) is 5.73 Å². The van der Waals surface area contributed by atoms with Gasteiger partial charge in [0.1, 0.15) is 0 Å². The van der Waals surface area contributed by atoms with Gasteiger partial charge in [-0.3, -0.25) is 4.90 Å². The topological polar surface area (TPSA) is 45.0 Å². The third-order valence-corrected chi connectivity index (χ3v) is 3.60. The van der Waals surface area contributed by atoms with Crippen molar-refractivity contribution in [1.82, 2.24) is 9.88 Å². The Balaban J connectivity index is 1.89. The largest absolute Gasteiger partial charge is 0.361 e. The first kappa shape index (κ1) is 10.3. The quantitative estimate of drug-likeness (QED) is 0.884. The molecule has 4 heteroatoms. The molecule has 0 unspecified atom stereocenters. The summed E-state index contributed by atoms with van der Waals surface area (Å²) in [4.78, 5) is 5.67. The van der Waals surface area contributed by atoms with Gasteiger partial charge in [-0.05, 0) is 23.8 Å². The molecule has 1 aliphatic rings. The minimum atomic E-state index is 0.372. The van der Waals surface area contributed by atoms with E-state index in [9.17, 15) is 0 Å². The van der Waals surface area contributed by atoms with Crippen molar-refractivity contribution in [1.29, 1.82) is 0 Å². The molecule has 0 atom stereocenters. The molecule has 84 valence electrons. The van der Waals surface area contributed by atoms with Crippen LogP contribution in [0.5, 0.6) is 0 Å². The van der Waals surface area contributed by atoms with Crippen molar-refractivity contribution in [3.8, 4) is 0 Å². The summed E-state index contributed by atoms with van der Waals surface area (Å²) in [5.74, 6) is 0. The van der Waals surface area contributed by atoms with Crippen LogP contribution in [-0.4, -0.2) is 29.0 Å². The molecule has 1 saturated heterocycles. The maximum absolute atomic E-state index is 5.78. The smallest absolute Gasteiger partial charge is 0.0458 e. The highest BCUT2D eigenvalue weighted by Crippen LogP contribution is 2.24. The Morgan fingerprint density at radius 3 is 3.00 bits per heavy atom. The first-order valence-corrected chi connectivity index (χ1v) is 6.25. The van der Waals surface area contributed by atoms with Crippen LogP contribution in [0.3, 0.4) is 0 Å². The first-order chi connectivity index (χ1) is 7.72. The van der Waals surface area contributed by atoms with Crippen molar-refractivity contribution in [3.05, 3.63) is 34.4 Å². The van der Waals surface area contributed by atoms with Gasteiger partial charge in [0.25, 0.3) is 0 Å². The molecule has 16 heavy (non-hydrogen) atoms. The van der Waals surface area contributed by atoms with E-state index in [1.54, 1.807) is 0 Å². The van der Waals surface area contributed by atoms with Gasteiger partial charge in [0.15, 0.2) is 0 Å². The van der Waals surface area contributed by atoms with Crippen molar-refractivity contribution in [2.24, 2.45) is 5.73 Å². The Bertz CT molecular complexity index is 514. The number of aromatic nitrogens is 1. The summed E-state index contributed by atoms with van der Waals surface area (Å²) < 4.78 is 1.13. The Morgan fingerprint density at radius 1 is 1.44 bits per heavy atom. The maximum Gasteiger partial charge on any atom is 0.0458 e. The molecule has 0 radical (unpaired) electrons. The van der Waals surface area contributed by atoms with Crippen molar-refractivity contribution >= 4 is 26.8 Å². The molecule has 0 aliphatic carbocycles. The SMILES string of the molecule is NC1CN(Cc2c[nH]c3ccc(Br)cc23)C1. The number of nitrogens with one attached hydrogen (secondary N) is 1. The second-order valence-electron chi connectivity index (χ2n) is 4.46. The molecule has 2 heterocycles. The van der Waals surface area contributed by atoms with E-state index in [1.165, 1.54) is 16.5 Å². The molecule has 3 nitrogen and oxygen atoms in total. The zero-order valence-corrected chi connectivity index (χ0v) is 10.5. The number of nitrogens with two attached hydrogens (primary N) is 1. The summed E-state index contributed by atoms with van der Waals surface area (Å²) in [6.45, 7) is 3.02. The molecule has 0 spiro atoms. The molecule has 1 aromatic heterocycles. The summed E-state index contributed by atoms with van der Waals surface area (Å²) in [5.41, 5.74) is 8.33. The molecule has 0 amide bonds. The van der Waals surface area contributed by atoms with Gasteiger partial charge >= 0.3 is 0 Å². The highest BCUT2D eigenvalue weighted by atomic mass is 79.9. The van der Waals surface area contributed by atoms with Crippen LogP contribution in [0.25, 0.3) is 10.9 Å². The first-order valence-electron chi connectivity index (χ1n) is 5.46. The number of fused-ring (bicyclic) bond motifs is 1. The lowest BCUT2D eigenvalue weighted by molar-refractivity contribution is 0.143. The normalized spacial score (nSPS) is 17.9.